The molecule has 1 fully saturated rings. The Kier molecular flexibility index (Phi) is 7.52. The summed E-state index contributed by atoms with van der Waals surface area (Å²) < 4.78 is 27.4. The normalized spacial score (nSPS) is 17.3. The Morgan fingerprint density at radius 3 is 2.37 bits per heavy atom. The molecule has 3 rings (SSSR count). The van der Waals surface area contributed by atoms with Gasteiger partial charge in [0.1, 0.15) is 0 Å². The molecule has 1 heterocycles. The lowest BCUT2D eigenvalue weighted by Gasteiger charge is -2.26. The SMILES string of the molecule is C[C@H](N[C@H](C)C(=O)Nc1cc(S(=O)(=O)N2CCCCC2)ccc1Cl)c1ccccc1. The number of hydrogen-bond donors (Lipinski definition) is 2. The molecule has 162 valence electrons. The molecule has 30 heavy (non-hydrogen) atoms. The number of amides is 1. The number of nitrogens with zero attached hydrogens (tertiary/aromatic N) is 1. The summed E-state index contributed by atoms with van der Waals surface area (Å²) in [5.41, 5.74) is 1.37. The molecular formula is C22H28ClN3O3S. The van der Waals surface area contributed by atoms with Gasteiger partial charge >= 0.3 is 0 Å². The maximum atomic E-state index is 12.9. The van der Waals surface area contributed by atoms with Gasteiger partial charge in [0.05, 0.1) is 21.6 Å². The molecule has 8 heteroatoms. The van der Waals surface area contributed by atoms with Crippen LogP contribution in [0.1, 0.15) is 44.7 Å². The van der Waals surface area contributed by atoms with Crippen LogP contribution in [0.5, 0.6) is 0 Å². The lowest BCUT2D eigenvalue weighted by molar-refractivity contribution is -0.117. The molecule has 1 aliphatic heterocycles. The first kappa shape index (κ1) is 22.7. The lowest BCUT2D eigenvalue weighted by atomic mass is 10.1. The van der Waals surface area contributed by atoms with Gasteiger partial charge in [0.2, 0.25) is 15.9 Å². The summed E-state index contributed by atoms with van der Waals surface area (Å²) in [6.07, 6.45) is 2.76. The van der Waals surface area contributed by atoms with Crippen molar-refractivity contribution in [3.05, 3.63) is 59.1 Å². The molecule has 2 N–H and O–H groups in total. The highest BCUT2D eigenvalue weighted by Gasteiger charge is 2.27. The van der Waals surface area contributed by atoms with Crippen LogP contribution in [0, 0.1) is 0 Å². The average molecular weight is 450 g/mol. The van der Waals surface area contributed by atoms with Crippen LogP contribution in [0.2, 0.25) is 5.02 Å². The molecule has 0 aliphatic carbocycles. The predicted octanol–water partition coefficient (Wildman–Crippen LogP) is 4.19. The fourth-order valence-electron chi connectivity index (χ4n) is 3.54. The smallest absolute Gasteiger partial charge is 0.243 e. The van der Waals surface area contributed by atoms with Gasteiger partial charge in [-0.3, -0.25) is 10.1 Å². The third kappa shape index (κ3) is 5.40. The summed E-state index contributed by atoms with van der Waals surface area (Å²) in [6, 6.07) is 13.8. The number of rotatable bonds is 7. The standard InChI is InChI=1S/C22H28ClN3O3S/c1-16(18-9-5-3-6-10-18)24-17(2)22(27)25-21-15-19(11-12-20(21)23)30(28,29)26-13-7-4-8-14-26/h3,5-6,9-12,15-17,24H,4,7-8,13-14H2,1-2H3,(H,25,27)/t16-,17+/m0/s1. The molecule has 1 aliphatic rings. The number of halogens is 1. The number of hydrogen-bond acceptors (Lipinski definition) is 4. The predicted molar refractivity (Wildman–Crippen MR) is 120 cm³/mol. The van der Waals surface area contributed by atoms with Crippen LogP contribution >= 0.6 is 11.6 Å². The molecule has 0 saturated carbocycles. The third-order valence-corrected chi connectivity index (χ3v) is 7.57. The maximum absolute atomic E-state index is 12.9. The molecule has 0 radical (unpaired) electrons. The number of nitrogens with one attached hydrogen (secondary N) is 2. The molecule has 0 aromatic heterocycles. The van der Waals surface area contributed by atoms with Crippen molar-refractivity contribution < 1.29 is 13.2 Å². The molecule has 0 spiro atoms. The van der Waals surface area contributed by atoms with E-state index in [1.165, 1.54) is 22.5 Å². The summed E-state index contributed by atoms with van der Waals surface area (Å²) in [6.45, 7) is 4.78. The van der Waals surface area contributed by atoms with Gasteiger partial charge in [0.15, 0.2) is 0 Å². The Bertz CT molecular complexity index is 976. The first-order valence-corrected chi connectivity index (χ1v) is 12.0. The van der Waals surface area contributed by atoms with Gasteiger partial charge in [-0.05, 0) is 50.5 Å². The van der Waals surface area contributed by atoms with Crippen molar-refractivity contribution in [1.29, 1.82) is 0 Å². The van der Waals surface area contributed by atoms with Crippen LogP contribution in [0.25, 0.3) is 0 Å². The molecular weight excluding hydrogens is 422 g/mol. The number of piperidine rings is 1. The lowest BCUT2D eigenvalue weighted by Crippen LogP contribution is -2.39. The fraction of sp³-hybridized carbons (Fsp3) is 0.409. The van der Waals surface area contributed by atoms with Crippen LogP contribution in [0.3, 0.4) is 0 Å². The second kappa shape index (κ2) is 9.92. The fourth-order valence-corrected chi connectivity index (χ4v) is 5.25. The van der Waals surface area contributed by atoms with Gasteiger partial charge in [-0.1, -0.05) is 48.4 Å². The summed E-state index contributed by atoms with van der Waals surface area (Å²) in [5, 5.41) is 6.31. The minimum absolute atomic E-state index is 0.0202. The van der Waals surface area contributed by atoms with Gasteiger partial charge in [0.25, 0.3) is 0 Å². The van der Waals surface area contributed by atoms with Gasteiger partial charge in [-0.2, -0.15) is 4.31 Å². The van der Waals surface area contributed by atoms with E-state index in [0.29, 0.717) is 23.8 Å². The van der Waals surface area contributed by atoms with Gasteiger partial charge in [0, 0.05) is 19.1 Å². The highest BCUT2D eigenvalue weighted by atomic mass is 35.5. The Hall–Kier alpha value is -1.93. The summed E-state index contributed by atoms with van der Waals surface area (Å²) >= 11 is 6.24. The van der Waals surface area contributed by atoms with Gasteiger partial charge in [-0.15, -0.1) is 0 Å². The van der Waals surface area contributed by atoms with E-state index in [1.807, 2.05) is 37.3 Å². The van der Waals surface area contributed by atoms with Crippen LogP contribution in [0.15, 0.2) is 53.4 Å². The van der Waals surface area contributed by atoms with Crippen molar-refractivity contribution in [1.82, 2.24) is 9.62 Å². The Morgan fingerprint density at radius 1 is 1.03 bits per heavy atom. The second-order valence-corrected chi connectivity index (χ2v) is 9.96. The van der Waals surface area contributed by atoms with E-state index in [1.54, 1.807) is 6.92 Å². The molecule has 2 aromatic carbocycles. The van der Waals surface area contributed by atoms with Crippen molar-refractivity contribution in [2.24, 2.45) is 0 Å². The first-order valence-electron chi connectivity index (χ1n) is 10.2. The van der Waals surface area contributed by atoms with Crippen molar-refractivity contribution >= 4 is 33.2 Å². The molecule has 6 nitrogen and oxygen atoms in total. The Morgan fingerprint density at radius 2 is 1.70 bits per heavy atom. The summed E-state index contributed by atoms with van der Waals surface area (Å²) in [5.74, 6) is -0.285. The zero-order valence-corrected chi connectivity index (χ0v) is 18.8. The minimum Gasteiger partial charge on any atom is -0.323 e. The highest BCUT2D eigenvalue weighted by Crippen LogP contribution is 2.28. The molecule has 2 aromatic rings. The molecule has 1 saturated heterocycles. The van der Waals surface area contributed by atoms with Crippen molar-refractivity contribution in [3.63, 3.8) is 0 Å². The number of benzene rings is 2. The zero-order chi connectivity index (χ0) is 21.7. The monoisotopic (exact) mass is 449 g/mol. The molecule has 2 atom stereocenters. The third-order valence-electron chi connectivity index (χ3n) is 5.34. The van der Waals surface area contributed by atoms with Crippen LogP contribution in [-0.2, 0) is 14.8 Å². The Balaban J connectivity index is 1.71. The maximum Gasteiger partial charge on any atom is 0.243 e. The molecule has 1 amide bonds. The van der Waals surface area contributed by atoms with E-state index in [-0.39, 0.29) is 16.8 Å². The van der Waals surface area contributed by atoms with Gasteiger partial charge < -0.3 is 5.32 Å². The molecule has 0 bridgehead atoms. The van der Waals surface area contributed by atoms with Crippen LogP contribution < -0.4 is 10.6 Å². The topological polar surface area (TPSA) is 78.5 Å². The van der Waals surface area contributed by atoms with E-state index >= 15 is 0 Å². The van der Waals surface area contributed by atoms with E-state index in [9.17, 15) is 13.2 Å². The largest absolute Gasteiger partial charge is 0.323 e. The van der Waals surface area contributed by atoms with E-state index < -0.39 is 16.1 Å². The second-order valence-electron chi connectivity index (χ2n) is 7.62. The van der Waals surface area contributed by atoms with Crippen molar-refractivity contribution in [3.8, 4) is 0 Å². The average Bonchev–Trinajstić information content (AvgIpc) is 2.76. The van der Waals surface area contributed by atoms with Crippen LogP contribution in [0.4, 0.5) is 5.69 Å². The summed E-state index contributed by atoms with van der Waals surface area (Å²) in [7, 11) is -3.60. The van der Waals surface area contributed by atoms with Crippen molar-refractivity contribution in [2.75, 3.05) is 18.4 Å². The first-order chi connectivity index (χ1) is 14.3. The number of anilines is 1. The molecule has 0 unspecified atom stereocenters. The number of sulfonamides is 1. The van der Waals surface area contributed by atoms with Gasteiger partial charge in [-0.25, -0.2) is 8.42 Å². The highest BCUT2D eigenvalue weighted by molar-refractivity contribution is 7.89. The minimum atomic E-state index is -3.60. The zero-order valence-electron chi connectivity index (χ0n) is 17.3. The van der Waals surface area contributed by atoms with E-state index in [4.69, 9.17) is 11.6 Å². The van der Waals surface area contributed by atoms with Crippen molar-refractivity contribution in [2.45, 2.75) is 50.1 Å². The quantitative estimate of drug-likeness (QED) is 0.664. The number of carbonyl (C=O) groups excluding carboxylic acids is 1. The van der Waals surface area contributed by atoms with E-state index in [2.05, 4.69) is 10.6 Å². The van der Waals surface area contributed by atoms with E-state index in [0.717, 1.165) is 24.8 Å². The van der Waals surface area contributed by atoms with Crippen LogP contribution in [-0.4, -0.2) is 37.8 Å². The summed E-state index contributed by atoms with van der Waals surface area (Å²) in [4.78, 5) is 12.8. The Labute approximate surface area is 183 Å². The number of carbonyl (C=O) groups is 1.